The highest BCUT2D eigenvalue weighted by Gasteiger charge is 2.17. The summed E-state index contributed by atoms with van der Waals surface area (Å²) in [5.74, 6) is 1.18. The lowest BCUT2D eigenvalue weighted by Gasteiger charge is -2.13. The molecule has 1 heterocycles. The maximum absolute atomic E-state index is 13.4. The van der Waals surface area contributed by atoms with Crippen molar-refractivity contribution in [3.63, 3.8) is 0 Å². The average molecular weight is 294 g/mol. The molecule has 0 aromatic heterocycles. The summed E-state index contributed by atoms with van der Waals surface area (Å²) in [7, 11) is 0. The quantitative estimate of drug-likeness (QED) is 0.836. The van der Waals surface area contributed by atoms with E-state index in [-0.39, 0.29) is 16.2 Å². The standard InChI is InChI=1S/C10H10BrF2NS/c11-7-3-9(13)10(4-8(7)12)14-6-1-2-15-5-6/h3-4,6,14H,1-2,5H2. The molecule has 0 radical (unpaired) electrons. The SMILES string of the molecule is Fc1cc(NC2CCSC2)c(F)cc1Br. The average Bonchev–Trinajstić information content (AvgIpc) is 2.67. The van der Waals surface area contributed by atoms with Gasteiger partial charge in [-0.1, -0.05) is 0 Å². The van der Waals surface area contributed by atoms with Crippen molar-refractivity contribution < 1.29 is 8.78 Å². The van der Waals surface area contributed by atoms with Crippen LogP contribution in [-0.2, 0) is 0 Å². The molecule has 2 rings (SSSR count). The predicted molar refractivity (Wildman–Crippen MR) is 63.4 cm³/mol. The second-order valence-electron chi connectivity index (χ2n) is 3.45. The summed E-state index contributed by atoms with van der Waals surface area (Å²) >= 11 is 4.77. The Kier molecular flexibility index (Phi) is 3.51. The predicted octanol–water partition coefficient (Wildman–Crippen LogP) is 3.64. The van der Waals surface area contributed by atoms with Crippen molar-refractivity contribution in [1.29, 1.82) is 0 Å². The van der Waals surface area contributed by atoms with Gasteiger partial charge in [0.2, 0.25) is 0 Å². The monoisotopic (exact) mass is 293 g/mol. The van der Waals surface area contributed by atoms with E-state index in [9.17, 15) is 8.78 Å². The van der Waals surface area contributed by atoms with Gasteiger partial charge in [0.1, 0.15) is 11.6 Å². The lowest BCUT2D eigenvalue weighted by molar-refractivity contribution is 0.594. The van der Waals surface area contributed by atoms with E-state index in [1.807, 2.05) is 11.8 Å². The van der Waals surface area contributed by atoms with Gasteiger partial charge in [0.15, 0.2) is 0 Å². The molecule has 0 aliphatic carbocycles. The Morgan fingerprint density at radius 3 is 2.80 bits per heavy atom. The van der Waals surface area contributed by atoms with Crippen LogP contribution >= 0.6 is 27.7 Å². The van der Waals surface area contributed by atoms with Crippen molar-refractivity contribution in [3.05, 3.63) is 28.2 Å². The van der Waals surface area contributed by atoms with Crippen LogP contribution < -0.4 is 5.32 Å². The summed E-state index contributed by atoms with van der Waals surface area (Å²) in [4.78, 5) is 0. The van der Waals surface area contributed by atoms with E-state index in [0.29, 0.717) is 0 Å². The minimum atomic E-state index is -0.440. The van der Waals surface area contributed by atoms with Gasteiger partial charge in [0, 0.05) is 17.9 Å². The number of thioether (sulfide) groups is 1. The molecule has 1 unspecified atom stereocenters. The van der Waals surface area contributed by atoms with Crippen LogP contribution in [0.3, 0.4) is 0 Å². The summed E-state index contributed by atoms with van der Waals surface area (Å²) in [6, 6.07) is 2.60. The fourth-order valence-electron chi connectivity index (χ4n) is 1.50. The van der Waals surface area contributed by atoms with Gasteiger partial charge in [-0.15, -0.1) is 0 Å². The molecule has 5 heteroatoms. The number of rotatable bonds is 2. The summed E-state index contributed by atoms with van der Waals surface area (Å²) < 4.78 is 26.8. The molecule has 82 valence electrons. The Morgan fingerprint density at radius 1 is 1.33 bits per heavy atom. The number of nitrogens with one attached hydrogen (secondary N) is 1. The summed E-state index contributed by atoms with van der Waals surface area (Å²) in [5.41, 5.74) is 0.253. The maximum atomic E-state index is 13.4. The first kappa shape index (κ1) is 11.2. The van der Waals surface area contributed by atoms with Gasteiger partial charge in [0.05, 0.1) is 10.2 Å². The molecule has 0 spiro atoms. The third-order valence-corrected chi connectivity index (χ3v) is 4.07. The highest BCUT2D eigenvalue weighted by Crippen LogP contribution is 2.26. The number of hydrogen-bond donors (Lipinski definition) is 1. The normalized spacial score (nSPS) is 20.6. The van der Waals surface area contributed by atoms with Gasteiger partial charge in [0.25, 0.3) is 0 Å². The third-order valence-electron chi connectivity index (χ3n) is 2.30. The van der Waals surface area contributed by atoms with E-state index in [0.717, 1.165) is 24.0 Å². The Morgan fingerprint density at radius 2 is 2.13 bits per heavy atom. The van der Waals surface area contributed by atoms with Crippen molar-refractivity contribution in [2.75, 3.05) is 16.8 Å². The second-order valence-corrected chi connectivity index (χ2v) is 5.46. The lowest BCUT2D eigenvalue weighted by Crippen LogP contribution is -2.19. The van der Waals surface area contributed by atoms with E-state index in [1.165, 1.54) is 6.07 Å². The van der Waals surface area contributed by atoms with Crippen molar-refractivity contribution in [3.8, 4) is 0 Å². The van der Waals surface area contributed by atoms with Gasteiger partial charge >= 0.3 is 0 Å². The molecule has 1 aromatic rings. The van der Waals surface area contributed by atoms with E-state index in [2.05, 4.69) is 21.2 Å². The Bertz CT molecular complexity index is 367. The van der Waals surface area contributed by atoms with Gasteiger partial charge in [-0.05, 0) is 34.2 Å². The smallest absolute Gasteiger partial charge is 0.147 e. The van der Waals surface area contributed by atoms with Crippen LogP contribution in [0.4, 0.5) is 14.5 Å². The number of halogens is 3. The Hall–Kier alpha value is -0.290. The first-order chi connectivity index (χ1) is 7.16. The van der Waals surface area contributed by atoms with Gasteiger partial charge in [-0.2, -0.15) is 11.8 Å². The van der Waals surface area contributed by atoms with Crippen molar-refractivity contribution in [1.82, 2.24) is 0 Å². The largest absolute Gasteiger partial charge is 0.379 e. The molecule has 0 saturated carbocycles. The van der Waals surface area contributed by atoms with Crippen LogP contribution in [0.25, 0.3) is 0 Å². The minimum Gasteiger partial charge on any atom is -0.379 e. The van der Waals surface area contributed by atoms with E-state index >= 15 is 0 Å². The molecule has 1 aliphatic heterocycles. The van der Waals surface area contributed by atoms with Crippen molar-refractivity contribution >= 4 is 33.4 Å². The molecule has 1 saturated heterocycles. The molecule has 1 atom stereocenters. The second kappa shape index (κ2) is 4.70. The molecular weight excluding hydrogens is 284 g/mol. The number of anilines is 1. The fourth-order valence-corrected chi connectivity index (χ4v) is 2.97. The highest BCUT2D eigenvalue weighted by molar-refractivity contribution is 9.10. The molecule has 0 bridgehead atoms. The molecule has 1 aliphatic rings. The molecule has 1 fully saturated rings. The molecular formula is C10H10BrF2NS. The van der Waals surface area contributed by atoms with E-state index < -0.39 is 11.6 Å². The molecule has 1 nitrogen and oxygen atoms in total. The lowest BCUT2D eigenvalue weighted by atomic mass is 10.2. The maximum Gasteiger partial charge on any atom is 0.147 e. The van der Waals surface area contributed by atoms with Gasteiger partial charge in [-0.25, -0.2) is 8.78 Å². The molecule has 15 heavy (non-hydrogen) atoms. The molecule has 0 amide bonds. The van der Waals surface area contributed by atoms with Crippen LogP contribution in [0.1, 0.15) is 6.42 Å². The zero-order chi connectivity index (χ0) is 10.8. The van der Waals surface area contributed by atoms with Crippen molar-refractivity contribution in [2.45, 2.75) is 12.5 Å². The van der Waals surface area contributed by atoms with Crippen LogP contribution in [-0.4, -0.2) is 17.5 Å². The third kappa shape index (κ3) is 2.64. The van der Waals surface area contributed by atoms with Crippen molar-refractivity contribution in [2.24, 2.45) is 0 Å². The topological polar surface area (TPSA) is 12.0 Å². The summed E-state index contributed by atoms with van der Waals surface area (Å²) in [6.45, 7) is 0. The van der Waals surface area contributed by atoms with E-state index in [4.69, 9.17) is 0 Å². The number of hydrogen-bond acceptors (Lipinski definition) is 2. The zero-order valence-electron chi connectivity index (χ0n) is 7.90. The first-order valence-electron chi connectivity index (χ1n) is 4.65. The minimum absolute atomic E-state index is 0.159. The summed E-state index contributed by atoms with van der Waals surface area (Å²) in [5, 5.41) is 3.02. The number of benzene rings is 1. The first-order valence-corrected chi connectivity index (χ1v) is 6.60. The molecule has 1 aromatic carbocycles. The Labute approximate surface area is 99.8 Å². The van der Waals surface area contributed by atoms with Crippen LogP contribution in [0.2, 0.25) is 0 Å². The zero-order valence-corrected chi connectivity index (χ0v) is 10.3. The Balaban J connectivity index is 2.16. The fraction of sp³-hybridized carbons (Fsp3) is 0.400. The summed E-state index contributed by atoms with van der Waals surface area (Å²) in [6.07, 6.45) is 1.00. The van der Waals surface area contributed by atoms with Gasteiger partial charge < -0.3 is 5.32 Å². The van der Waals surface area contributed by atoms with E-state index in [1.54, 1.807) is 0 Å². The van der Waals surface area contributed by atoms with Crippen LogP contribution in [0.5, 0.6) is 0 Å². The van der Waals surface area contributed by atoms with Crippen LogP contribution in [0.15, 0.2) is 16.6 Å². The molecule has 1 N–H and O–H groups in total. The van der Waals surface area contributed by atoms with Gasteiger partial charge in [-0.3, -0.25) is 0 Å². The highest BCUT2D eigenvalue weighted by atomic mass is 79.9. The van der Waals surface area contributed by atoms with Crippen LogP contribution in [0, 0.1) is 11.6 Å².